The molecule has 0 saturated carbocycles. The molecule has 5 aromatic rings. The van der Waals surface area contributed by atoms with Gasteiger partial charge in [-0.15, -0.1) is 0 Å². The molecule has 312 valence electrons. The molecular formula is C43H44N6O11. The first-order valence-corrected chi connectivity index (χ1v) is 17.8. The highest BCUT2D eigenvalue weighted by atomic mass is 16.4. The molecule has 17 heteroatoms. The third kappa shape index (κ3) is 21.6. The molecule has 0 saturated heterocycles. The molecule has 0 atom stereocenters. The van der Waals surface area contributed by atoms with Crippen molar-refractivity contribution in [3.8, 4) is 0 Å². The first-order chi connectivity index (χ1) is 28.7. The van der Waals surface area contributed by atoms with Crippen LogP contribution in [-0.4, -0.2) is 101 Å². The Labute approximate surface area is 345 Å². The maximum Gasteiger partial charge on any atom is 0.323 e. The summed E-state index contributed by atoms with van der Waals surface area (Å²) in [5, 5.41) is 51.1. The first-order valence-electron chi connectivity index (χ1n) is 17.8. The number of carboxylic acid groups (broad SMARTS) is 5. The van der Waals surface area contributed by atoms with E-state index in [1.807, 2.05) is 54.6 Å². The van der Waals surface area contributed by atoms with E-state index in [0.717, 1.165) is 5.69 Å². The maximum absolute atomic E-state index is 12.0. The Hall–Kier alpha value is -8.39. The Morgan fingerprint density at radius 1 is 0.433 bits per heavy atom. The number of benzene rings is 5. The molecule has 0 aliphatic carbocycles. The van der Waals surface area contributed by atoms with Crippen molar-refractivity contribution in [1.82, 2.24) is 0 Å². The highest BCUT2D eigenvalue weighted by Crippen LogP contribution is 2.16. The summed E-state index contributed by atoms with van der Waals surface area (Å²) < 4.78 is 0. The zero-order valence-corrected chi connectivity index (χ0v) is 32.1. The topological polar surface area (TPSA) is 250 Å². The fourth-order valence-electron chi connectivity index (χ4n) is 4.70. The fourth-order valence-corrected chi connectivity index (χ4v) is 4.70. The molecule has 0 bridgehead atoms. The molecule has 60 heavy (non-hydrogen) atoms. The summed E-state index contributed by atoms with van der Waals surface area (Å²) in [7, 11) is 0. The van der Waals surface area contributed by atoms with Crippen LogP contribution in [0.1, 0.15) is 0 Å². The lowest BCUT2D eigenvalue weighted by atomic mass is 10.2. The van der Waals surface area contributed by atoms with Crippen LogP contribution in [0.2, 0.25) is 0 Å². The zero-order valence-electron chi connectivity index (χ0n) is 32.1. The summed E-state index contributed by atoms with van der Waals surface area (Å²) in [6.45, 7) is 5.64. The van der Waals surface area contributed by atoms with Gasteiger partial charge in [-0.3, -0.25) is 28.8 Å². The molecule has 0 aliphatic rings. The van der Waals surface area contributed by atoms with Gasteiger partial charge in [0.25, 0.3) is 0 Å². The van der Waals surface area contributed by atoms with E-state index in [2.05, 4.69) is 20.8 Å². The number of hydrogen-bond donors (Lipinski definition) is 8. The van der Waals surface area contributed by atoms with E-state index in [9.17, 15) is 28.8 Å². The van der Waals surface area contributed by atoms with Crippen LogP contribution in [0.3, 0.4) is 0 Å². The maximum atomic E-state index is 12.0. The fraction of sp³-hybridized carbons (Fsp3) is 0.140. The van der Waals surface area contributed by atoms with Gasteiger partial charge in [0.2, 0.25) is 5.91 Å². The molecule has 17 nitrogen and oxygen atoms in total. The molecule has 0 spiro atoms. The van der Waals surface area contributed by atoms with Crippen LogP contribution in [0.5, 0.6) is 0 Å². The Bertz CT molecular complexity index is 2100. The number of aliphatic carboxylic acids is 5. The molecule has 0 fully saturated rings. The normalized spacial score (nSPS) is 9.45. The van der Waals surface area contributed by atoms with Crippen LogP contribution in [0, 0.1) is 6.57 Å². The van der Waals surface area contributed by atoms with Crippen LogP contribution >= 0.6 is 0 Å². The highest BCUT2D eigenvalue weighted by Gasteiger charge is 2.15. The van der Waals surface area contributed by atoms with Crippen molar-refractivity contribution >= 4 is 69.9 Å². The van der Waals surface area contributed by atoms with E-state index >= 15 is 0 Å². The molecular weight excluding hydrogens is 777 g/mol. The number of anilines is 5. The monoisotopic (exact) mass is 820 g/mol. The zero-order chi connectivity index (χ0) is 44.1. The summed E-state index contributed by atoms with van der Waals surface area (Å²) in [5.74, 6) is -5.11. The predicted molar refractivity (Wildman–Crippen MR) is 227 cm³/mol. The van der Waals surface area contributed by atoms with E-state index in [1.165, 1.54) is 9.80 Å². The molecule has 5 rings (SSSR count). The summed E-state index contributed by atoms with van der Waals surface area (Å²) in [5.41, 5.74) is 4.04. The van der Waals surface area contributed by atoms with Gasteiger partial charge >= 0.3 is 29.8 Å². The smallest absolute Gasteiger partial charge is 0.323 e. The summed E-state index contributed by atoms with van der Waals surface area (Å²) >= 11 is 0. The quantitative estimate of drug-likeness (QED) is 0.0517. The van der Waals surface area contributed by atoms with Gasteiger partial charge in [-0.05, 0) is 60.7 Å². The number of carbonyl (C=O) groups is 6. The molecule has 1 amide bonds. The van der Waals surface area contributed by atoms with Crippen LogP contribution in [0.4, 0.5) is 34.1 Å². The van der Waals surface area contributed by atoms with Crippen molar-refractivity contribution in [2.24, 2.45) is 0 Å². The molecule has 0 aliphatic heterocycles. The van der Waals surface area contributed by atoms with Gasteiger partial charge in [0.1, 0.15) is 32.7 Å². The van der Waals surface area contributed by atoms with Crippen molar-refractivity contribution < 1.29 is 54.3 Å². The van der Waals surface area contributed by atoms with Gasteiger partial charge in [0.15, 0.2) is 5.69 Å². The lowest BCUT2D eigenvalue weighted by molar-refractivity contribution is -0.137. The number of hydrogen-bond acceptors (Lipinski definition) is 10. The number of nitrogens with one attached hydrogen (secondary N) is 3. The molecule has 0 unspecified atom stereocenters. The van der Waals surface area contributed by atoms with Crippen LogP contribution in [0.15, 0.2) is 146 Å². The Kier molecular flexibility index (Phi) is 21.7. The molecule has 0 radical (unpaired) electrons. The summed E-state index contributed by atoms with van der Waals surface area (Å²) in [4.78, 5) is 70.3. The Morgan fingerprint density at radius 3 is 1.12 bits per heavy atom. The second kappa shape index (κ2) is 27.2. The van der Waals surface area contributed by atoms with Crippen LogP contribution < -0.4 is 25.8 Å². The first kappa shape index (κ1) is 47.8. The Morgan fingerprint density at radius 2 is 0.767 bits per heavy atom. The van der Waals surface area contributed by atoms with Crippen molar-refractivity contribution in [2.45, 2.75) is 0 Å². The number of para-hydroxylation sites is 4. The largest absolute Gasteiger partial charge is 0.480 e. The number of nitrogens with zero attached hydrogens (tertiary/aromatic N) is 3. The van der Waals surface area contributed by atoms with E-state index in [0.29, 0.717) is 28.4 Å². The second-order valence-electron chi connectivity index (χ2n) is 12.0. The van der Waals surface area contributed by atoms with Crippen LogP contribution in [-0.2, 0) is 28.8 Å². The van der Waals surface area contributed by atoms with Gasteiger partial charge in [-0.1, -0.05) is 84.9 Å². The summed E-state index contributed by atoms with van der Waals surface area (Å²) in [6, 6.07) is 42.5. The molecule has 0 aromatic heterocycles. The number of carbonyl (C=O) groups excluding carboxylic acids is 1. The van der Waals surface area contributed by atoms with Crippen molar-refractivity contribution in [2.75, 3.05) is 65.0 Å². The van der Waals surface area contributed by atoms with E-state index in [4.69, 9.17) is 32.1 Å². The SMILES string of the molecule is O=C(O)CN(CC(=O)Nc1ccccc1)c1ccccc1.O=C(O)CN(CC(=O)O)c1ccccc1.O=C(O)CNc1ccccc1.[C-]#[N+]c1ccc(NCC(=O)O)cc1. The highest BCUT2D eigenvalue weighted by molar-refractivity contribution is 5.94. The molecule has 0 heterocycles. The lowest BCUT2D eigenvalue weighted by Gasteiger charge is -2.22. The summed E-state index contributed by atoms with van der Waals surface area (Å²) in [6.07, 6.45) is 0. The standard InChI is InChI=1S/C16H16N2O3.C10H11NO4.C9H8N2O2.C8H9NO2/c19-15(17-13-7-3-1-4-8-13)11-18(12-16(20)21)14-9-5-2-6-10-14;12-9(13)6-11(7-10(14)15)8-4-2-1-3-5-8;1-10-7-2-4-8(5-3-7)11-6-9(12)13;10-8(11)6-9-7-4-2-1-3-5-7/h1-10H,11-12H2,(H,17,19)(H,20,21);1-5H,6-7H2,(H,12,13)(H,14,15);2-5,11H,6H2,(H,12,13);1-5,9H,6H2,(H,10,11). The average Bonchev–Trinajstić information content (AvgIpc) is 3.23. The van der Waals surface area contributed by atoms with Crippen molar-refractivity contribution in [1.29, 1.82) is 0 Å². The third-order valence-electron chi connectivity index (χ3n) is 7.27. The van der Waals surface area contributed by atoms with E-state index in [1.54, 1.807) is 91.0 Å². The van der Waals surface area contributed by atoms with Crippen molar-refractivity contribution in [3.05, 3.63) is 157 Å². The van der Waals surface area contributed by atoms with Crippen LogP contribution in [0.25, 0.3) is 4.85 Å². The van der Waals surface area contributed by atoms with Gasteiger partial charge in [-0.2, -0.15) is 0 Å². The minimum Gasteiger partial charge on any atom is -0.480 e. The minimum absolute atomic E-state index is 0.0226. The third-order valence-corrected chi connectivity index (χ3v) is 7.27. The number of carboxylic acids is 5. The molecule has 5 aromatic carbocycles. The lowest BCUT2D eigenvalue weighted by Crippen LogP contribution is -2.37. The Balaban J connectivity index is 0.000000284. The van der Waals surface area contributed by atoms with Gasteiger partial charge in [0, 0.05) is 28.4 Å². The predicted octanol–water partition coefficient (Wildman–Crippen LogP) is 5.80. The number of rotatable bonds is 17. The van der Waals surface area contributed by atoms with Gasteiger partial charge in [0.05, 0.1) is 13.1 Å². The van der Waals surface area contributed by atoms with Gasteiger partial charge in [-0.25, -0.2) is 4.85 Å². The van der Waals surface area contributed by atoms with Gasteiger partial charge < -0.3 is 51.3 Å². The number of amides is 1. The van der Waals surface area contributed by atoms with Crippen molar-refractivity contribution in [3.63, 3.8) is 0 Å². The molecule has 8 N–H and O–H groups in total. The average molecular weight is 821 g/mol. The second-order valence-corrected chi connectivity index (χ2v) is 12.0. The van der Waals surface area contributed by atoms with E-state index in [-0.39, 0.29) is 45.2 Å². The minimum atomic E-state index is -1.06. The van der Waals surface area contributed by atoms with E-state index < -0.39 is 29.8 Å².